The van der Waals surface area contributed by atoms with E-state index < -0.39 is 17.8 Å². The molecule has 4 amide bonds. The van der Waals surface area contributed by atoms with Gasteiger partial charge in [-0.05, 0) is 48.4 Å². The van der Waals surface area contributed by atoms with Gasteiger partial charge < -0.3 is 4.74 Å². The lowest BCUT2D eigenvalue weighted by atomic mass is 10.1. The summed E-state index contributed by atoms with van der Waals surface area (Å²) in [6, 6.07) is 22.8. The summed E-state index contributed by atoms with van der Waals surface area (Å²) in [5.41, 5.74) is 3.17. The van der Waals surface area contributed by atoms with Crippen LogP contribution in [0.3, 0.4) is 0 Å². The number of imide groups is 2. The Balaban J connectivity index is 1.50. The summed E-state index contributed by atoms with van der Waals surface area (Å²) in [7, 11) is 0. The van der Waals surface area contributed by atoms with E-state index in [1.54, 1.807) is 54.6 Å². The molecule has 0 atom stereocenters. The summed E-state index contributed by atoms with van der Waals surface area (Å²) in [6.45, 7) is 2.47. The number of nitrogens with zero attached hydrogens (tertiary/aromatic N) is 1. The molecular formula is C25H20N2O4. The summed E-state index contributed by atoms with van der Waals surface area (Å²) in [6.07, 6.45) is 1.46. The zero-order chi connectivity index (χ0) is 21.8. The molecule has 0 bridgehead atoms. The smallest absolute Gasteiger partial charge is 0.335 e. The summed E-state index contributed by atoms with van der Waals surface area (Å²) < 4.78 is 5.79. The molecule has 1 heterocycles. The first-order valence-corrected chi connectivity index (χ1v) is 9.76. The fourth-order valence-electron chi connectivity index (χ4n) is 3.15. The van der Waals surface area contributed by atoms with Crippen molar-refractivity contribution >= 4 is 29.6 Å². The lowest BCUT2D eigenvalue weighted by Gasteiger charge is -2.26. The minimum atomic E-state index is -0.766. The van der Waals surface area contributed by atoms with Crippen LogP contribution in [0.15, 0.2) is 84.4 Å². The summed E-state index contributed by atoms with van der Waals surface area (Å²) in [5.74, 6) is -0.718. The van der Waals surface area contributed by atoms with E-state index in [-0.39, 0.29) is 5.57 Å². The fourth-order valence-corrected chi connectivity index (χ4v) is 3.15. The van der Waals surface area contributed by atoms with E-state index in [1.807, 2.05) is 31.2 Å². The highest BCUT2D eigenvalue weighted by Crippen LogP contribution is 2.22. The summed E-state index contributed by atoms with van der Waals surface area (Å²) in [4.78, 5) is 38.3. The first kappa shape index (κ1) is 20.1. The third-order valence-electron chi connectivity index (χ3n) is 4.83. The van der Waals surface area contributed by atoms with Crippen LogP contribution in [-0.2, 0) is 16.2 Å². The molecule has 0 aliphatic carbocycles. The van der Waals surface area contributed by atoms with Gasteiger partial charge in [0.05, 0.1) is 5.69 Å². The van der Waals surface area contributed by atoms with E-state index >= 15 is 0 Å². The third-order valence-corrected chi connectivity index (χ3v) is 4.83. The Morgan fingerprint density at radius 1 is 0.871 bits per heavy atom. The molecule has 1 N–H and O–H groups in total. The Morgan fingerprint density at radius 3 is 2.23 bits per heavy atom. The average Bonchev–Trinajstić information content (AvgIpc) is 2.78. The number of hydrogen-bond acceptors (Lipinski definition) is 4. The second-order valence-corrected chi connectivity index (χ2v) is 7.14. The number of hydrogen-bond donors (Lipinski definition) is 1. The molecule has 154 valence electrons. The van der Waals surface area contributed by atoms with Gasteiger partial charge in [0.25, 0.3) is 11.8 Å². The largest absolute Gasteiger partial charge is 0.489 e. The molecule has 1 fully saturated rings. The number of ether oxygens (including phenoxy) is 1. The Bertz CT molecular complexity index is 1150. The average molecular weight is 412 g/mol. The highest BCUT2D eigenvalue weighted by molar-refractivity contribution is 6.39. The molecule has 0 saturated carbocycles. The van der Waals surface area contributed by atoms with Crippen LogP contribution in [0.2, 0.25) is 0 Å². The number of benzene rings is 3. The van der Waals surface area contributed by atoms with Crippen LogP contribution in [0.25, 0.3) is 6.08 Å². The highest BCUT2D eigenvalue weighted by Gasteiger charge is 2.36. The maximum Gasteiger partial charge on any atom is 0.335 e. The molecule has 1 aliphatic heterocycles. The van der Waals surface area contributed by atoms with Crippen LogP contribution < -0.4 is 15.0 Å². The first-order chi connectivity index (χ1) is 15.0. The Hall–Kier alpha value is -4.19. The van der Waals surface area contributed by atoms with E-state index in [2.05, 4.69) is 5.32 Å². The van der Waals surface area contributed by atoms with Crippen molar-refractivity contribution in [2.75, 3.05) is 4.90 Å². The van der Waals surface area contributed by atoms with Gasteiger partial charge in [-0.15, -0.1) is 0 Å². The van der Waals surface area contributed by atoms with Crippen molar-refractivity contribution in [3.63, 3.8) is 0 Å². The molecule has 1 aliphatic rings. The molecule has 0 unspecified atom stereocenters. The summed E-state index contributed by atoms with van der Waals surface area (Å²) >= 11 is 0. The molecule has 0 radical (unpaired) electrons. The maximum atomic E-state index is 12.9. The van der Waals surface area contributed by atoms with E-state index in [1.165, 1.54) is 11.6 Å². The molecule has 0 aromatic heterocycles. The molecule has 3 aromatic carbocycles. The minimum Gasteiger partial charge on any atom is -0.489 e. The lowest BCUT2D eigenvalue weighted by Crippen LogP contribution is -2.54. The van der Waals surface area contributed by atoms with Crippen LogP contribution >= 0.6 is 0 Å². The number of barbiturate groups is 1. The van der Waals surface area contributed by atoms with E-state index in [0.717, 1.165) is 10.5 Å². The third kappa shape index (κ3) is 4.53. The van der Waals surface area contributed by atoms with Gasteiger partial charge in [0.2, 0.25) is 0 Å². The molecule has 6 heteroatoms. The number of nitrogens with one attached hydrogen (secondary N) is 1. The van der Waals surface area contributed by atoms with Crippen molar-refractivity contribution in [1.29, 1.82) is 0 Å². The van der Waals surface area contributed by atoms with Gasteiger partial charge in [0.1, 0.15) is 17.9 Å². The zero-order valence-electron chi connectivity index (χ0n) is 16.9. The molecule has 1 saturated heterocycles. The van der Waals surface area contributed by atoms with Crippen LogP contribution in [0, 0.1) is 6.92 Å². The van der Waals surface area contributed by atoms with Crippen LogP contribution in [0.5, 0.6) is 5.75 Å². The maximum absolute atomic E-state index is 12.9. The number of anilines is 1. The van der Waals surface area contributed by atoms with Crippen molar-refractivity contribution in [3.05, 3.63) is 101 Å². The SMILES string of the molecule is Cc1ccc(COc2ccc(/C=C3\C(=O)NC(=O)N(c4ccccc4)C3=O)cc2)cc1. The fraction of sp³-hybridized carbons (Fsp3) is 0.0800. The number of urea groups is 1. The Kier molecular flexibility index (Phi) is 5.62. The monoisotopic (exact) mass is 412 g/mol. The van der Waals surface area contributed by atoms with Gasteiger partial charge in [-0.2, -0.15) is 0 Å². The van der Waals surface area contributed by atoms with Gasteiger partial charge >= 0.3 is 6.03 Å². The van der Waals surface area contributed by atoms with E-state index in [4.69, 9.17) is 4.74 Å². The first-order valence-electron chi connectivity index (χ1n) is 9.76. The number of aryl methyl sites for hydroxylation is 1. The second kappa shape index (κ2) is 8.67. The normalized spacial score (nSPS) is 15.2. The van der Waals surface area contributed by atoms with Crippen LogP contribution in [-0.4, -0.2) is 17.8 Å². The molecule has 6 nitrogen and oxygen atoms in total. The van der Waals surface area contributed by atoms with Gasteiger partial charge in [-0.1, -0.05) is 60.2 Å². The molecule has 31 heavy (non-hydrogen) atoms. The van der Waals surface area contributed by atoms with E-state index in [9.17, 15) is 14.4 Å². The molecule has 0 spiro atoms. The topological polar surface area (TPSA) is 75.7 Å². The van der Waals surface area contributed by atoms with Gasteiger partial charge in [0.15, 0.2) is 0 Å². The van der Waals surface area contributed by atoms with Gasteiger partial charge in [-0.25, -0.2) is 9.69 Å². The molecular weight excluding hydrogens is 392 g/mol. The molecule has 4 rings (SSSR count). The number of para-hydroxylation sites is 1. The lowest BCUT2D eigenvalue weighted by molar-refractivity contribution is -0.122. The summed E-state index contributed by atoms with van der Waals surface area (Å²) in [5, 5.41) is 2.22. The number of rotatable bonds is 5. The number of carbonyl (C=O) groups excluding carboxylic acids is 3. The van der Waals surface area contributed by atoms with Crippen LogP contribution in [0.1, 0.15) is 16.7 Å². The van der Waals surface area contributed by atoms with Gasteiger partial charge in [0, 0.05) is 0 Å². The van der Waals surface area contributed by atoms with Crippen LogP contribution in [0.4, 0.5) is 10.5 Å². The second-order valence-electron chi connectivity index (χ2n) is 7.14. The number of amides is 4. The Morgan fingerprint density at radius 2 is 1.55 bits per heavy atom. The van der Waals surface area contributed by atoms with Crippen molar-refractivity contribution in [1.82, 2.24) is 5.32 Å². The van der Waals surface area contributed by atoms with Crippen molar-refractivity contribution in [2.24, 2.45) is 0 Å². The van der Waals surface area contributed by atoms with E-state index in [0.29, 0.717) is 23.6 Å². The highest BCUT2D eigenvalue weighted by atomic mass is 16.5. The predicted octanol–water partition coefficient (Wildman–Crippen LogP) is 4.24. The zero-order valence-corrected chi connectivity index (χ0v) is 16.9. The predicted molar refractivity (Wildman–Crippen MR) is 117 cm³/mol. The molecule has 3 aromatic rings. The van der Waals surface area contributed by atoms with Crippen molar-refractivity contribution < 1.29 is 19.1 Å². The van der Waals surface area contributed by atoms with Gasteiger partial charge in [-0.3, -0.25) is 14.9 Å². The Labute approximate surface area is 179 Å². The standard InChI is InChI=1S/C25H20N2O4/c1-17-7-9-19(10-8-17)16-31-21-13-11-18(12-14-21)15-22-23(28)26-25(30)27(24(22)29)20-5-3-2-4-6-20/h2-15H,16H2,1H3,(H,26,28,30)/b22-15+. The number of carbonyl (C=O) groups is 3. The van der Waals surface area contributed by atoms with Crippen molar-refractivity contribution in [2.45, 2.75) is 13.5 Å². The minimum absolute atomic E-state index is 0.114. The van der Waals surface area contributed by atoms with Crippen molar-refractivity contribution in [3.8, 4) is 5.75 Å². The quantitative estimate of drug-likeness (QED) is 0.502.